The van der Waals surface area contributed by atoms with Crippen LogP contribution in [0, 0.1) is 0 Å². The van der Waals surface area contributed by atoms with Crippen LogP contribution in [0.15, 0.2) is 27.9 Å². The van der Waals surface area contributed by atoms with Crippen molar-refractivity contribution in [3.05, 3.63) is 22.8 Å². The molecule has 2 heterocycles. The molecule has 1 aliphatic rings. The standard InChI is InChI=1S/C12H17BrN4/c1-9-8-10(6-7-14-9)16-17(2)12-5-3-4-11(13)15-12/h3-5,9,14H,6-8H2,1-2H3/b16-10+. The first-order valence-corrected chi connectivity index (χ1v) is 6.60. The van der Waals surface area contributed by atoms with Gasteiger partial charge in [-0.2, -0.15) is 5.10 Å². The summed E-state index contributed by atoms with van der Waals surface area (Å²) in [6.45, 7) is 3.20. The summed E-state index contributed by atoms with van der Waals surface area (Å²) in [4.78, 5) is 4.38. The highest BCUT2D eigenvalue weighted by molar-refractivity contribution is 9.10. The van der Waals surface area contributed by atoms with Gasteiger partial charge in [0.1, 0.15) is 10.4 Å². The van der Waals surface area contributed by atoms with Crippen LogP contribution >= 0.6 is 15.9 Å². The van der Waals surface area contributed by atoms with Gasteiger partial charge in [0.05, 0.1) is 0 Å². The molecule has 1 aromatic rings. The molecule has 1 saturated heterocycles. The second-order valence-corrected chi connectivity index (χ2v) is 5.13. The highest BCUT2D eigenvalue weighted by atomic mass is 79.9. The lowest BCUT2D eigenvalue weighted by atomic mass is 10.0. The minimum absolute atomic E-state index is 0.520. The van der Waals surface area contributed by atoms with Gasteiger partial charge in [-0.25, -0.2) is 4.98 Å². The molecule has 0 bridgehead atoms. The van der Waals surface area contributed by atoms with Gasteiger partial charge in [-0.1, -0.05) is 6.07 Å². The quantitative estimate of drug-likeness (QED) is 0.673. The van der Waals surface area contributed by atoms with E-state index in [0.717, 1.165) is 29.8 Å². The number of piperidine rings is 1. The first-order chi connectivity index (χ1) is 8.15. The van der Waals surface area contributed by atoms with Crippen LogP contribution in [0.3, 0.4) is 0 Å². The van der Waals surface area contributed by atoms with E-state index in [1.807, 2.05) is 30.3 Å². The molecule has 92 valence electrons. The molecular weight excluding hydrogens is 280 g/mol. The van der Waals surface area contributed by atoms with E-state index in [2.05, 4.69) is 38.3 Å². The summed E-state index contributed by atoms with van der Waals surface area (Å²) >= 11 is 3.37. The van der Waals surface area contributed by atoms with Gasteiger partial charge >= 0.3 is 0 Å². The van der Waals surface area contributed by atoms with Crippen LogP contribution in [0.25, 0.3) is 0 Å². The van der Waals surface area contributed by atoms with Gasteiger partial charge in [-0.3, -0.25) is 5.01 Å². The third kappa shape index (κ3) is 3.51. The van der Waals surface area contributed by atoms with Gasteiger partial charge in [-0.15, -0.1) is 0 Å². The second kappa shape index (κ2) is 5.60. The van der Waals surface area contributed by atoms with E-state index < -0.39 is 0 Å². The normalized spacial score (nSPS) is 22.8. The molecule has 1 N–H and O–H groups in total. The molecule has 1 aliphatic heterocycles. The van der Waals surface area contributed by atoms with E-state index in [4.69, 9.17) is 0 Å². The molecule has 0 aromatic carbocycles. The summed E-state index contributed by atoms with van der Waals surface area (Å²) in [6.07, 6.45) is 2.03. The number of nitrogens with zero attached hydrogens (tertiary/aromatic N) is 3. The van der Waals surface area contributed by atoms with Gasteiger partial charge in [-0.05, 0) is 35.0 Å². The van der Waals surface area contributed by atoms with Gasteiger partial charge in [0, 0.05) is 38.2 Å². The summed E-state index contributed by atoms with van der Waals surface area (Å²) in [6, 6.07) is 6.36. The lowest BCUT2D eigenvalue weighted by Gasteiger charge is -2.23. The lowest BCUT2D eigenvalue weighted by molar-refractivity contribution is 0.538. The zero-order chi connectivity index (χ0) is 12.3. The van der Waals surface area contributed by atoms with Crippen molar-refractivity contribution >= 4 is 27.5 Å². The van der Waals surface area contributed by atoms with Gasteiger partial charge in [0.25, 0.3) is 0 Å². The van der Waals surface area contributed by atoms with Gasteiger partial charge in [0.2, 0.25) is 0 Å². The van der Waals surface area contributed by atoms with E-state index in [0.29, 0.717) is 6.04 Å². The van der Waals surface area contributed by atoms with Crippen LogP contribution in [-0.4, -0.2) is 30.3 Å². The van der Waals surface area contributed by atoms with Crippen molar-refractivity contribution in [2.75, 3.05) is 18.6 Å². The van der Waals surface area contributed by atoms with Gasteiger partial charge < -0.3 is 5.32 Å². The molecule has 4 nitrogen and oxygen atoms in total. The van der Waals surface area contributed by atoms with Crippen molar-refractivity contribution in [1.82, 2.24) is 10.3 Å². The molecule has 1 atom stereocenters. The summed E-state index contributed by atoms with van der Waals surface area (Å²) < 4.78 is 0.834. The summed E-state index contributed by atoms with van der Waals surface area (Å²) in [7, 11) is 1.94. The molecular formula is C12H17BrN4. The minimum atomic E-state index is 0.520. The third-order valence-corrected chi connectivity index (χ3v) is 3.21. The van der Waals surface area contributed by atoms with Crippen LogP contribution in [0.4, 0.5) is 5.82 Å². The monoisotopic (exact) mass is 296 g/mol. The number of anilines is 1. The number of hydrogen-bond donors (Lipinski definition) is 1. The Kier molecular flexibility index (Phi) is 4.12. The van der Waals surface area contributed by atoms with Crippen molar-refractivity contribution in [1.29, 1.82) is 0 Å². The molecule has 0 spiro atoms. The summed E-state index contributed by atoms with van der Waals surface area (Å²) in [5.41, 5.74) is 1.24. The van der Waals surface area contributed by atoms with E-state index in [1.54, 1.807) is 0 Å². The van der Waals surface area contributed by atoms with Crippen LogP contribution < -0.4 is 10.3 Å². The molecule has 1 unspecified atom stereocenters. The number of hydrazone groups is 1. The summed E-state index contributed by atoms with van der Waals surface area (Å²) in [5, 5.41) is 9.88. The lowest BCUT2D eigenvalue weighted by Crippen LogP contribution is -2.36. The maximum atomic E-state index is 4.62. The van der Waals surface area contributed by atoms with Crippen molar-refractivity contribution < 1.29 is 0 Å². The summed E-state index contributed by atoms with van der Waals surface area (Å²) in [5.74, 6) is 0.859. The van der Waals surface area contributed by atoms with E-state index in [9.17, 15) is 0 Å². The zero-order valence-corrected chi connectivity index (χ0v) is 11.7. The Hall–Kier alpha value is -0.940. The fourth-order valence-electron chi connectivity index (χ4n) is 1.92. The molecule has 17 heavy (non-hydrogen) atoms. The molecule has 0 radical (unpaired) electrons. The van der Waals surface area contributed by atoms with Crippen LogP contribution in [-0.2, 0) is 0 Å². The molecule has 2 rings (SSSR count). The third-order valence-electron chi connectivity index (χ3n) is 2.77. The predicted molar refractivity (Wildman–Crippen MR) is 74.5 cm³/mol. The number of nitrogens with one attached hydrogen (secondary N) is 1. The van der Waals surface area contributed by atoms with Crippen LogP contribution in [0.1, 0.15) is 19.8 Å². The highest BCUT2D eigenvalue weighted by Crippen LogP contribution is 2.15. The van der Waals surface area contributed by atoms with Gasteiger partial charge in [0.15, 0.2) is 0 Å². The van der Waals surface area contributed by atoms with Crippen molar-refractivity contribution in [3.63, 3.8) is 0 Å². The maximum Gasteiger partial charge on any atom is 0.149 e. The first kappa shape index (κ1) is 12.5. The molecule has 5 heteroatoms. The number of halogens is 1. The average molecular weight is 297 g/mol. The molecule has 0 saturated carbocycles. The predicted octanol–water partition coefficient (Wildman–Crippen LogP) is 2.41. The van der Waals surface area contributed by atoms with E-state index >= 15 is 0 Å². The number of hydrogen-bond acceptors (Lipinski definition) is 4. The molecule has 0 amide bonds. The largest absolute Gasteiger partial charge is 0.314 e. The SMILES string of the molecule is CC1C/C(=N/N(C)c2cccc(Br)n2)CCN1. The van der Waals surface area contributed by atoms with Crippen molar-refractivity contribution in [2.24, 2.45) is 5.10 Å². The van der Waals surface area contributed by atoms with E-state index in [-0.39, 0.29) is 0 Å². The Morgan fingerprint density at radius 3 is 3.06 bits per heavy atom. The number of pyridine rings is 1. The fourth-order valence-corrected chi connectivity index (χ4v) is 2.26. The van der Waals surface area contributed by atoms with Crippen LogP contribution in [0.2, 0.25) is 0 Å². The Balaban J connectivity index is 2.09. The Morgan fingerprint density at radius 2 is 2.35 bits per heavy atom. The number of rotatable bonds is 2. The topological polar surface area (TPSA) is 40.5 Å². The second-order valence-electron chi connectivity index (χ2n) is 4.32. The minimum Gasteiger partial charge on any atom is -0.314 e. The Bertz CT molecular complexity index is 419. The molecule has 1 fully saturated rings. The van der Waals surface area contributed by atoms with Crippen LogP contribution in [0.5, 0.6) is 0 Å². The molecule has 0 aliphatic carbocycles. The maximum absolute atomic E-state index is 4.62. The van der Waals surface area contributed by atoms with Crippen molar-refractivity contribution in [3.8, 4) is 0 Å². The van der Waals surface area contributed by atoms with E-state index in [1.165, 1.54) is 5.71 Å². The molecule has 1 aromatic heterocycles. The number of aromatic nitrogens is 1. The fraction of sp³-hybridized carbons (Fsp3) is 0.500. The Labute approximate surface area is 110 Å². The zero-order valence-electron chi connectivity index (χ0n) is 10.2. The highest BCUT2D eigenvalue weighted by Gasteiger charge is 2.14. The average Bonchev–Trinajstić information content (AvgIpc) is 2.29. The first-order valence-electron chi connectivity index (χ1n) is 5.81. The Morgan fingerprint density at radius 1 is 1.53 bits per heavy atom. The van der Waals surface area contributed by atoms with Crippen molar-refractivity contribution in [2.45, 2.75) is 25.8 Å². The smallest absolute Gasteiger partial charge is 0.149 e.